The summed E-state index contributed by atoms with van der Waals surface area (Å²) < 4.78 is 67.8. The van der Waals surface area contributed by atoms with Gasteiger partial charge in [-0.3, -0.25) is 4.79 Å². The van der Waals surface area contributed by atoms with E-state index in [1.165, 1.54) is 14.2 Å². The van der Waals surface area contributed by atoms with Crippen molar-refractivity contribution in [3.8, 4) is 0 Å². The number of amides is 1. The molecule has 1 saturated carbocycles. The van der Waals surface area contributed by atoms with E-state index in [0.29, 0.717) is 30.4 Å². The highest BCUT2D eigenvalue weighted by atomic mass is 16.8. The molecule has 0 aromatic carbocycles. The van der Waals surface area contributed by atoms with Crippen molar-refractivity contribution < 1.29 is 97.1 Å². The SMILES string of the molecule is COC(=O)NC1C(C)OC(OC2CC=C(C)C3C=CC4C(OC5CC(OC6CC(C)C(OC7CC(O)C(OC)C(C)O7)C(O)O6)C(O)C(C)O5)C(C)CC(C)C4C3(C)C(O)=C3C(=O)OC4(CC(C)C(CO)=CC4C=C2C)C3=O)CC1(C)O. The van der Waals surface area contributed by atoms with E-state index < -0.39 is 162 Å². The fourth-order valence-electron chi connectivity index (χ4n) is 15.6. The van der Waals surface area contributed by atoms with Crippen LogP contribution >= 0.6 is 0 Å². The van der Waals surface area contributed by atoms with Crippen molar-refractivity contribution in [2.45, 2.75) is 231 Å². The van der Waals surface area contributed by atoms with Gasteiger partial charge in [0.25, 0.3) is 0 Å². The molecule has 0 radical (unpaired) electrons. The van der Waals surface area contributed by atoms with Gasteiger partial charge in [-0.15, -0.1) is 0 Å². The van der Waals surface area contributed by atoms with Crippen molar-refractivity contribution in [2.24, 2.45) is 52.8 Å². The first kappa shape index (κ1) is 62.9. The number of Topliss-reactive ketones (excluding diaryl/α,β-unsaturated/α-hetero) is 1. The normalized spacial score (nSPS) is 48.1. The monoisotopic (exact) mass is 1160 g/mol. The Labute approximate surface area is 481 Å². The molecule has 0 aromatic heterocycles. The van der Waals surface area contributed by atoms with Crippen LogP contribution in [0.5, 0.6) is 0 Å². The van der Waals surface area contributed by atoms with Crippen LogP contribution in [0.2, 0.25) is 0 Å². The number of aliphatic hydroxyl groups excluding tert-OH is 5. The third-order valence-corrected chi connectivity index (χ3v) is 19.9. The summed E-state index contributed by atoms with van der Waals surface area (Å²) in [6.07, 6.45) is -1.46. The maximum atomic E-state index is 15.5. The van der Waals surface area contributed by atoms with Crippen LogP contribution in [0.25, 0.3) is 0 Å². The molecule has 460 valence electrons. The Kier molecular flexibility index (Phi) is 18.9. The number of ketones is 1. The smallest absolute Gasteiger partial charge is 0.407 e. The van der Waals surface area contributed by atoms with E-state index in [4.69, 9.17) is 52.1 Å². The Morgan fingerprint density at radius 2 is 1.40 bits per heavy atom. The Hall–Kier alpha value is -3.65. The second-order valence-electron chi connectivity index (χ2n) is 25.8. The lowest BCUT2D eigenvalue weighted by Crippen LogP contribution is -2.62. The highest BCUT2D eigenvalue weighted by molar-refractivity contribution is 6.26. The first-order valence-corrected chi connectivity index (χ1v) is 29.6. The number of esters is 1. The number of carbonyl (C=O) groups is 3. The van der Waals surface area contributed by atoms with Gasteiger partial charge in [0, 0.05) is 62.4 Å². The summed E-state index contributed by atoms with van der Waals surface area (Å²) in [5, 5.41) is 71.7. The van der Waals surface area contributed by atoms with Gasteiger partial charge in [-0.05, 0) is 95.1 Å². The zero-order chi connectivity index (χ0) is 59.7. The molecular weight excluding hydrogens is 1070 g/mol. The van der Waals surface area contributed by atoms with E-state index in [0.717, 1.165) is 5.57 Å². The largest absolute Gasteiger partial charge is 0.511 e. The average Bonchev–Trinajstić information content (AvgIpc) is 3.56. The quantitative estimate of drug-likeness (QED) is 0.0764. The minimum Gasteiger partial charge on any atom is -0.511 e. The fraction of sp³-hybridized carbons (Fsp3) is 0.787. The van der Waals surface area contributed by atoms with E-state index in [2.05, 4.69) is 25.2 Å². The molecule has 9 aliphatic rings. The molecule has 9 rings (SSSR count). The highest BCUT2D eigenvalue weighted by Crippen LogP contribution is 2.61. The second-order valence-corrected chi connectivity index (χ2v) is 25.8. The molecule has 82 heavy (non-hydrogen) atoms. The molecule has 21 nitrogen and oxygen atoms in total. The van der Waals surface area contributed by atoms with Crippen molar-refractivity contribution in [2.75, 3.05) is 20.8 Å². The standard InChI is InChI=1S/C61H91NO20/c1-27-14-17-41(77-46-25-59(10,71)53(35(9)76-46)62-58(70)73-13)28(2)19-37-21-36(26-63)32(6)24-61(37)55(67)47(56(68)82-61)54(66)60(11)39(27)16-15-38-48(60)29(3)18-30(4)50(38)79-45-23-42(49(65)33(7)74-45)78-43-20-31(5)51(57(69)81-43)80-44-22-40(64)52(72-12)34(8)75-44/h14-16,19,21,29-35,37-46,48-53,57,63-66,69,71H,17-18,20,22-26H2,1-13H3,(H,62,70). The third kappa shape index (κ3) is 11.8. The van der Waals surface area contributed by atoms with Gasteiger partial charge in [-0.1, -0.05) is 70.6 Å². The van der Waals surface area contributed by atoms with Crippen molar-refractivity contribution in [3.63, 3.8) is 0 Å². The molecular formula is C61H91NO20. The van der Waals surface area contributed by atoms with Gasteiger partial charge in [0.2, 0.25) is 5.78 Å². The van der Waals surface area contributed by atoms with Crippen LogP contribution in [0.4, 0.5) is 4.79 Å². The van der Waals surface area contributed by atoms with Gasteiger partial charge in [-0.25, -0.2) is 9.59 Å². The van der Waals surface area contributed by atoms with Crippen molar-refractivity contribution >= 4 is 17.8 Å². The van der Waals surface area contributed by atoms with Crippen molar-refractivity contribution in [3.05, 3.63) is 58.4 Å². The van der Waals surface area contributed by atoms with Gasteiger partial charge in [-0.2, -0.15) is 0 Å². The first-order valence-electron chi connectivity index (χ1n) is 29.6. The summed E-state index contributed by atoms with van der Waals surface area (Å²) in [7, 11) is 2.75. The number of methoxy groups -OCH3 is 2. The number of hydrogen-bond donors (Lipinski definition) is 7. The second kappa shape index (κ2) is 24.6. The predicted molar refractivity (Wildman–Crippen MR) is 292 cm³/mol. The van der Waals surface area contributed by atoms with Crippen LogP contribution in [-0.4, -0.2) is 179 Å². The summed E-state index contributed by atoms with van der Waals surface area (Å²) in [5.74, 6) is -4.97. The Balaban J connectivity index is 1.00. The van der Waals surface area contributed by atoms with Crippen molar-refractivity contribution in [1.29, 1.82) is 0 Å². The summed E-state index contributed by atoms with van der Waals surface area (Å²) in [5.41, 5.74) is -2.78. The number of fused-ring (bicyclic) bond motifs is 4. The van der Waals surface area contributed by atoms with Crippen LogP contribution in [0, 0.1) is 52.8 Å². The Morgan fingerprint density at radius 1 is 0.744 bits per heavy atom. The maximum Gasteiger partial charge on any atom is 0.407 e. The minimum atomic E-state index is -1.77. The Bertz CT molecular complexity index is 2490. The summed E-state index contributed by atoms with van der Waals surface area (Å²) in [6, 6.07) is -0.817. The molecule has 4 aliphatic carbocycles. The number of allylic oxidation sites excluding steroid dienone is 3. The summed E-state index contributed by atoms with van der Waals surface area (Å²) in [6.45, 7) is 20.3. The number of carbonyl (C=O) groups excluding carboxylic acids is 3. The number of rotatable bonds is 11. The molecule has 27 unspecified atom stereocenters. The molecule has 5 heterocycles. The van der Waals surface area contributed by atoms with E-state index in [-0.39, 0.29) is 61.7 Å². The van der Waals surface area contributed by atoms with E-state index >= 15 is 4.79 Å². The lowest BCUT2D eigenvalue weighted by molar-refractivity contribution is -0.358. The number of nitrogens with one attached hydrogen (secondary N) is 1. The molecule has 1 amide bonds. The molecule has 27 atom stereocenters. The van der Waals surface area contributed by atoms with Crippen LogP contribution in [-0.2, 0) is 61.7 Å². The molecule has 6 fully saturated rings. The summed E-state index contributed by atoms with van der Waals surface area (Å²) >= 11 is 0. The zero-order valence-corrected chi connectivity index (χ0v) is 49.8. The van der Waals surface area contributed by atoms with Crippen LogP contribution < -0.4 is 5.32 Å². The molecule has 5 aliphatic heterocycles. The molecule has 2 bridgehead atoms. The van der Waals surface area contributed by atoms with E-state index in [1.54, 1.807) is 33.8 Å². The zero-order valence-electron chi connectivity index (χ0n) is 49.8. The van der Waals surface area contributed by atoms with Crippen LogP contribution in [0.3, 0.4) is 0 Å². The van der Waals surface area contributed by atoms with Gasteiger partial charge in [0.1, 0.15) is 29.6 Å². The minimum absolute atomic E-state index is 0.0183. The van der Waals surface area contributed by atoms with E-state index in [1.807, 2.05) is 52.8 Å². The third-order valence-electron chi connectivity index (χ3n) is 19.9. The topological polar surface area (TPSA) is 286 Å². The van der Waals surface area contributed by atoms with E-state index in [9.17, 15) is 40.2 Å². The number of ether oxygens (including phenoxy) is 11. The number of aliphatic hydroxyl groups is 6. The van der Waals surface area contributed by atoms with Crippen molar-refractivity contribution in [1.82, 2.24) is 5.32 Å². The lowest BCUT2D eigenvalue weighted by atomic mass is 9.49. The average molecular weight is 1160 g/mol. The van der Waals surface area contributed by atoms with Gasteiger partial charge < -0.3 is 88.1 Å². The number of hydrogen-bond acceptors (Lipinski definition) is 20. The highest BCUT2D eigenvalue weighted by Gasteiger charge is 2.64. The molecule has 5 saturated heterocycles. The molecule has 21 heteroatoms. The molecule has 1 spiro atoms. The maximum absolute atomic E-state index is 15.5. The predicted octanol–water partition coefficient (Wildman–Crippen LogP) is 5.49. The van der Waals surface area contributed by atoms with Gasteiger partial charge in [0.05, 0.1) is 68.1 Å². The van der Waals surface area contributed by atoms with Gasteiger partial charge >= 0.3 is 12.1 Å². The van der Waals surface area contributed by atoms with Gasteiger partial charge in [0.15, 0.2) is 37.1 Å². The van der Waals surface area contributed by atoms with Crippen LogP contribution in [0.1, 0.15) is 121 Å². The Morgan fingerprint density at radius 3 is 2.06 bits per heavy atom. The fourth-order valence-corrected chi connectivity index (χ4v) is 15.6. The summed E-state index contributed by atoms with van der Waals surface area (Å²) in [4.78, 5) is 42.5. The molecule has 7 N–H and O–H groups in total. The lowest BCUT2D eigenvalue weighted by Gasteiger charge is -2.56. The van der Waals surface area contributed by atoms with Crippen LogP contribution in [0.15, 0.2) is 58.4 Å². The first-order chi connectivity index (χ1) is 38.6. The number of alkyl carbamates (subject to hydrolysis) is 1. The molecule has 0 aromatic rings.